The number of allylic oxidation sites excluding steroid dienone is 2. The van der Waals surface area contributed by atoms with E-state index in [1.54, 1.807) is 6.92 Å². The summed E-state index contributed by atoms with van der Waals surface area (Å²) in [5.74, 6) is -3.18. The number of anilines is 1. The number of benzene rings is 1. The first-order chi connectivity index (χ1) is 13.8. The van der Waals surface area contributed by atoms with Gasteiger partial charge < -0.3 is 10.1 Å². The van der Waals surface area contributed by atoms with Crippen molar-refractivity contribution in [1.29, 1.82) is 0 Å². The molecule has 3 rings (SSSR count). The Morgan fingerprint density at radius 2 is 1.83 bits per heavy atom. The molecule has 0 radical (unpaired) electrons. The number of rotatable bonds is 6. The number of aryl methyl sites for hydroxylation is 1. The van der Waals surface area contributed by atoms with Gasteiger partial charge in [0.25, 0.3) is 11.6 Å². The van der Waals surface area contributed by atoms with Crippen molar-refractivity contribution in [1.82, 2.24) is 4.90 Å². The van der Waals surface area contributed by atoms with Crippen LogP contribution in [-0.4, -0.2) is 46.7 Å². The fourth-order valence-corrected chi connectivity index (χ4v) is 3.43. The van der Waals surface area contributed by atoms with Crippen LogP contribution in [0.1, 0.15) is 18.4 Å². The quantitative estimate of drug-likeness (QED) is 0.250. The van der Waals surface area contributed by atoms with Gasteiger partial charge in [0.2, 0.25) is 11.8 Å². The van der Waals surface area contributed by atoms with Gasteiger partial charge in [-0.2, -0.15) is 0 Å². The van der Waals surface area contributed by atoms with Gasteiger partial charge in [-0.3, -0.25) is 34.2 Å². The smallest absolute Gasteiger partial charge is 0.326 e. The van der Waals surface area contributed by atoms with Crippen molar-refractivity contribution < 1.29 is 28.8 Å². The Morgan fingerprint density at radius 3 is 2.38 bits per heavy atom. The van der Waals surface area contributed by atoms with Crippen LogP contribution in [0, 0.1) is 28.9 Å². The van der Waals surface area contributed by atoms with Gasteiger partial charge in [-0.05, 0) is 31.4 Å². The summed E-state index contributed by atoms with van der Waals surface area (Å²) in [5.41, 5.74) is 0.712. The third-order valence-corrected chi connectivity index (χ3v) is 4.95. The van der Waals surface area contributed by atoms with Crippen molar-refractivity contribution in [3.63, 3.8) is 0 Å². The molecule has 10 nitrogen and oxygen atoms in total. The predicted molar refractivity (Wildman–Crippen MR) is 99.5 cm³/mol. The maximum absolute atomic E-state index is 12.3. The highest BCUT2D eigenvalue weighted by Crippen LogP contribution is 2.34. The molecule has 1 fully saturated rings. The Kier molecular flexibility index (Phi) is 5.71. The van der Waals surface area contributed by atoms with Gasteiger partial charge in [0.15, 0.2) is 6.61 Å². The molecule has 1 N–H and O–H groups in total. The highest BCUT2D eigenvalue weighted by atomic mass is 16.6. The summed E-state index contributed by atoms with van der Waals surface area (Å²) in [6, 6.07) is 3.93. The van der Waals surface area contributed by atoms with Crippen molar-refractivity contribution in [2.75, 3.05) is 18.5 Å². The minimum absolute atomic E-state index is 0.109. The number of nitrogens with zero attached hydrogens (tertiary/aromatic N) is 2. The Balaban J connectivity index is 1.51. The molecule has 2 aliphatic rings. The summed E-state index contributed by atoms with van der Waals surface area (Å²) >= 11 is 0. The zero-order valence-corrected chi connectivity index (χ0v) is 15.6. The van der Waals surface area contributed by atoms with Gasteiger partial charge in [-0.15, -0.1) is 0 Å². The van der Waals surface area contributed by atoms with Crippen LogP contribution < -0.4 is 5.32 Å². The van der Waals surface area contributed by atoms with Crippen LogP contribution in [0.25, 0.3) is 0 Å². The molecule has 3 amide bonds. The van der Waals surface area contributed by atoms with E-state index >= 15 is 0 Å². The predicted octanol–water partition coefficient (Wildman–Crippen LogP) is 1.34. The lowest BCUT2D eigenvalue weighted by Gasteiger charge is -2.14. The van der Waals surface area contributed by atoms with Crippen LogP contribution in [0.5, 0.6) is 0 Å². The van der Waals surface area contributed by atoms with Gasteiger partial charge in [-0.1, -0.05) is 12.2 Å². The topological polar surface area (TPSA) is 136 Å². The van der Waals surface area contributed by atoms with Crippen LogP contribution in [0.15, 0.2) is 30.4 Å². The molecule has 29 heavy (non-hydrogen) atoms. The molecule has 1 aromatic carbocycles. The lowest BCUT2D eigenvalue weighted by molar-refractivity contribution is -0.384. The van der Waals surface area contributed by atoms with E-state index in [1.807, 2.05) is 12.2 Å². The second kappa shape index (κ2) is 8.21. The number of nitrogens with one attached hydrogen (secondary N) is 1. The van der Waals surface area contributed by atoms with Gasteiger partial charge in [0.05, 0.1) is 16.8 Å². The lowest BCUT2D eigenvalue weighted by Crippen LogP contribution is -2.37. The molecule has 0 aromatic heterocycles. The largest absolute Gasteiger partial charge is 0.454 e. The molecule has 2 atom stereocenters. The van der Waals surface area contributed by atoms with Crippen molar-refractivity contribution >= 4 is 35.1 Å². The Labute approximate surface area is 165 Å². The number of hydrogen-bond acceptors (Lipinski definition) is 7. The number of ether oxygens (including phenoxy) is 1. The summed E-state index contributed by atoms with van der Waals surface area (Å²) in [5, 5.41) is 13.2. The van der Waals surface area contributed by atoms with Crippen molar-refractivity contribution in [2.45, 2.75) is 19.8 Å². The number of likely N-dealkylation sites (tertiary alicyclic amines) is 1. The summed E-state index contributed by atoms with van der Waals surface area (Å²) in [4.78, 5) is 59.7. The van der Waals surface area contributed by atoms with Crippen LogP contribution in [0.4, 0.5) is 11.4 Å². The first kappa shape index (κ1) is 20.2. The first-order valence-electron chi connectivity index (χ1n) is 8.98. The number of nitro groups is 1. The molecule has 1 aliphatic carbocycles. The Hall–Kier alpha value is -3.56. The van der Waals surface area contributed by atoms with E-state index in [9.17, 15) is 29.3 Å². The molecule has 1 heterocycles. The monoisotopic (exact) mass is 401 g/mol. The molecule has 152 valence electrons. The summed E-state index contributed by atoms with van der Waals surface area (Å²) in [6.07, 6.45) is 4.63. The number of fused-ring (bicyclic) bond motifs is 1. The van der Waals surface area contributed by atoms with Gasteiger partial charge in [0.1, 0.15) is 6.54 Å². The minimum atomic E-state index is -0.867. The minimum Gasteiger partial charge on any atom is -0.454 e. The SMILES string of the molecule is Cc1cc([N+](=O)[O-])ccc1NC(=O)COC(=O)CN1C(=O)[C@H]2CC=CC[C@@H]2C1=O. The van der Waals surface area contributed by atoms with E-state index < -0.39 is 53.6 Å². The second-order valence-electron chi connectivity index (χ2n) is 6.88. The van der Waals surface area contributed by atoms with E-state index in [0.29, 0.717) is 24.1 Å². The van der Waals surface area contributed by atoms with Gasteiger partial charge >= 0.3 is 5.97 Å². The molecule has 1 aromatic rings. The number of amides is 3. The van der Waals surface area contributed by atoms with Crippen molar-refractivity contribution in [3.8, 4) is 0 Å². The normalized spacial score (nSPS) is 20.4. The Bertz CT molecular complexity index is 898. The third-order valence-electron chi connectivity index (χ3n) is 4.95. The average Bonchev–Trinajstić information content (AvgIpc) is 2.93. The molecular weight excluding hydrogens is 382 g/mol. The average molecular weight is 401 g/mol. The van der Waals surface area contributed by atoms with E-state index in [4.69, 9.17) is 4.74 Å². The number of esters is 1. The molecular formula is C19H19N3O7. The number of hydrogen-bond donors (Lipinski definition) is 1. The standard InChI is InChI=1S/C19H19N3O7/c1-11-8-12(22(27)28)6-7-15(11)20-16(23)10-29-17(24)9-21-18(25)13-4-2-3-5-14(13)19(21)26/h2-3,6-8,13-14H,4-5,9-10H2,1H3,(H,20,23)/t13-,14-/m0/s1. The highest BCUT2D eigenvalue weighted by molar-refractivity contribution is 6.07. The number of imide groups is 1. The third kappa shape index (κ3) is 4.31. The molecule has 1 aliphatic heterocycles. The second-order valence-corrected chi connectivity index (χ2v) is 6.88. The van der Waals surface area contributed by atoms with Crippen molar-refractivity contribution in [2.24, 2.45) is 11.8 Å². The number of non-ortho nitro benzene ring substituents is 1. The summed E-state index contributed by atoms with van der Waals surface area (Å²) < 4.78 is 4.87. The first-order valence-corrected chi connectivity index (χ1v) is 8.98. The zero-order chi connectivity index (χ0) is 21.1. The summed E-state index contributed by atoms with van der Waals surface area (Å²) in [7, 11) is 0. The van der Waals surface area contributed by atoms with Gasteiger partial charge in [-0.25, -0.2) is 0 Å². The van der Waals surface area contributed by atoms with E-state index in [1.165, 1.54) is 18.2 Å². The molecule has 0 bridgehead atoms. The van der Waals surface area contributed by atoms with Crippen LogP contribution in [-0.2, 0) is 23.9 Å². The zero-order valence-electron chi connectivity index (χ0n) is 15.6. The fraction of sp³-hybridized carbons (Fsp3) is 0.368. The van der Waals surface area contributed by atoms with Crippen LogP contribution >= 0.6 is 0 Å². The molecule has 0 unspecified atom stereocenters. The fourth-order valence-electron chi connectivity index (χ4n) is 3.43. The maximum atomic E-state index is 12.3. The van der Waals surface area contributed by atoms with E-state index in [0.717, 1.165) is 4.90 Å². The van der Waals surface area contributed by atoms with Crippen molar-refractivity contribution in [3.05, 3.63) is 46.0 Å². The van der Waals surface area contributed by atoms with Crippen LogP contribution in [0.3, 0.4) is 0 Å². The lowest BCUT2D eigenvalue weighted by atomic mass is 9.85. The van der Waals surface area contributed by atoms with E-state index in [2.05, 4.69) is 5.32 Å². The molecule has 0 saturated carbocycles. The number of carbonyl (C=O) groups excluding carboxylic acids is 4. The summed E-state index contributed by atoms with van der Waals surface area (Å²) in [6.45, 7) is 0.446. The molecule has 10 heteroatoms. The molecule has 0 spiro atoms. The Morgan fingerprint density at radius 1 is 1.21 bits per heavy atom. The van der Waals surface area contributed by atoms with Gasteiger partial charge in [0, 0.05) is 17.8 Å². The highest BCUT2D eigenvalue weighted by Gasteiger charge is 2.47. The molecule has 1 saturated heterocycles. The number of carbonyl (C=O) groups is 4. The van der Waals surface area contributed by atoms with E-state index in [-0.39, 0.29) is 5.69 Å². The van der Waals surface area contributed by atoms with Crippen LogP contribution in [0.2, 0.25) is 0 Å². The number of nitro benzene ring substituents is 1. The maximum Gasteiger partial charge on any atom is 0.326 e.